The number of rotatable bonds is 2. The Morgan fingerprint density at radius 1 is 1.09 bits per heavy atom. The van der Waals surface area contributed by atoms with Crippen molar-refractivity contribution in [2.24, 2.45) is 4.99 Å². The normalized spacial score (nSPS) is 15.9. The molecule has 2 aromatic rings. The summed E-state index contributed by atoms with van der Waals surface area (Å²) in [5, 5.41) is 0. The first kappa shape index (κ1) is 14.7. The van der Waals surface area contributed by atoms with E-state index in [-0.39, 0.29) is 0 Å². The van der Waals surface area contributed by atoms with Gasteiger partial charge >= 0.3 is 5.97 Å². The van der Waals surface area contributed by atoms with Crippen LogP contribution in [0.4, 0.5) is 0 Å². The number of carbonyl (C=O) groups is 1. The molecule has 0 saturated heterocycles. The second kappa shape index (κ2) is 5.89. The van der Waals surface area contributed by atoms with Gasteiger partial charge in [0.1, 0.15) is 0 Å². The molecule has 0 amide bonds. The molecule has 110 valence electrons. The van der Waals surface area contributed by atoms with Gasteiger partial charge in [0.15, 0.2) is 5.70 Å². The molecule has 4 heteroatoms. The number of benzene rings is 2. The maximum absolute atomic E-state index is 12.0. The van der Waals surface area contributed by atoms with Crippen molar-refractivity contribution in [3.8, 4) is 0 Å². The van der Waals surface area contributed by atoms with Crippen LogP contribution in [0.25, 0.3) is 6.08 Å². The number of halogens is 1. The van der Waals surface area contributed by atoms with Crippen LogP contribution in [-0.2, 0) is 9.53 Å². The van der Waals surface area contributed by atoms with Gasteiger partial charge in [0.05, 0.1) is 0 Å². The van der Waals surface area contributed by atoms with E-state index < -0.39 is 5.97 Å². The van der Waals surface area contributed by atoms with Crippen molar-refractivity contribution in [2.75, 3.05) is 0 Å². The summed E-state index contributed by atoms with van der Waals surface area (Å²) in [7, 11) is 0. The number of hydrogen-bond donors (Lipinski definition) is 0. The largest absolute Gasteiger partial charge is 0.402 e. The SMILES string of the molecule is Cc1ccc(C)c(/C=C2/N=C(c3ccc(Br)cc3)OC2=O)c1. The van der Waals surface area contributed by atoms with E-state index in [0.717, 1.165) is 26.7 Å². The molecule has 0 aliphatic carbocycles. The Morgan fingerprint density at radius 3 is 2.55 bits per heavy atom. The Bertz CT molecular complexity index is 804. The Kier molecular flexibility index (Phi) is 3.94. The molecule has 1 aliphatic rings. The molecule has 1 heterocycles. The van der Waals surface area contributed by atoms with Crippen LogP contribution in [0.1, 0.15) is 22.3 Å². The quantitative estimate of drug-likeness (QED) is 0.591. The number of hydrogen-bond acceptors (Lipinski definition) is 3. The second-order valence-corrected chi connectivity index (χ2v) is 6.12. The number of nitrogens with zero attached hydrogens (tertiary/aromatic N) is 1. The number of cyclic esters (lactones) is 1. The minimum Gasteiger partial charge on any atom is -0.402 e. The number of esters is 1. The summed E-state index contributed by atoms with van der Waals surface area (Å²) < 4.78 is 6.23. The van der Waals surface area contributed by atoms with Crippen molar-refractivity contribution >= 4 is 33.9 Å². The van der Waals surface area contributed by atoms with Crippen LogP contribution in [0.5, 0.6) is 0 Å². The summed E-state index contributed by atoms with van der Waals surface area (Å²) in [6.45, 7) is 4.02. The lowest BCUT2D eigenvalue weighted by Crippen LogP contribution is -2.05. The van der Waals surface area contributed by atoms with Crippen molar-refractivity contribution < 1.29 is 9.53 Å². The van der Waals surface area contributed by atoms with Crippen LogP contribution in [-0.4, -0.2) is 11.9 Å². The van der Waals surface area contributed by atoms with Crippen LogP contribution < -0.4 is 0 Å². The van der Waals surface area contributed by atoms with E-state index in [9.17, 15) is 4.79 Å². The molecule has 0 spiro atoms. The third-order valence-corrected chi connectivity index (χ3v) is 3.97. The van der Waals surface area contributed by atoms with Crippen molar-refractivity contribution in [1.29, 1.82) is 0 Å². The molecule has 3 nitrogen and oxygen atoms in total. The Morgan fingerprint density at radius 2 is 1.82 bits per heavy atom. The monoisotopic (exact) mass is 355 g/mol. The van der Waals surface area contributed by atoms with Gasteiger partial charge in [-0.25, -0.2) is 9.79 Å². The van der Waals surface area contributed by atoms with Crippen molar-refractivity contribution in [3.05, 3.63) is 74.9 Å². The van der Waals surface area contributed by atoms with E-state index in [1.807, 2.05) is 56.3 Å². The van der Waals surface area contributed by atoms with E-state index >= 15 is 0 Å². The highest BCUT2D eigenvalue weighted by Gasteiger charge is 2.24. The van der Waals surface area contributed by atoms with E-state index in [2.05, 4.69) is 20.9 Å². The van der Waals surface area contributed by atoms with Crippen LogP contribution in [0.15, 0.2) is 57.6 Å². The zero-order valence-electron chi connectivity index (χ0n) is 12.3. The molecule has 2 aromatic carbocycles. The molecule has 0 fully saturated rings. The summed E-state index contributed by atoms with van der Waals surface area (Å²) in [4.78, 5) is 16.3. The fourth-order valence-electron chi connectivity index (χ4n) is 2.19. The lowest BCUT2D eigenvalue weighted by molar-refractivity contribution is -0.129. The first-order chi connectivity index (χ1) is 10.5. The molecular formula is C18H14BrNO2. The number of ether oxygens (including phenoxy) is 1. The van der Waals surface area contributed by atoms with Crippen LogP contribution in [0, 0.1) is 13.8 Å². The molecule has 22 heavy (non-hydrogen) atoms. The smallest absolute Gasteiger partial charge is 0.363 e. The first-order valence-electron chi connectivity index (χ1n) is 6.89. The molecule has 3 rings (SSSR count). The standard InChI is InChI=1S/C18H14BrNO2/c1-11-3-4-12(2)14(9-11)10-16-18(21)22-17(20-16)13-5-7-15(19)8-6-13/h3-10H,1-2H3/b16-10+. The summed E-state index contributed by atoms with van der Waals surface area (Å²) in [5.41, 5.74) is 4.32. The van der Waals surface area contributed by atoms with Crippen LogP contribution in [0.3, 0.4) is 0 Å². The lowest BCUT2D eigenvalue weighted by atomic mass is 10.0. The minimum absolute atomic E-state index is 0.326. The molecule has 0 saturated carbocycles. The predicted molar refractivity (Wildman–Crippen MR) is 90.7 cm³/mol. The molecule has 0 N–H and O–H groups in total. The minimum atomic E-state index is -0.418. The van der Waals surface area contributed by atoms with Crippen molar-refractivity contribution in [1.82, 2.24) is 0 Å². The maximum Gasteiger partial charge on any atom is 0.363 e. The Hall–Kier alpha value is -2.20. The highest BCUT2D eigenvalue weighted by molar-refractivity contribution is 9.10. The van der Waals surface area contributed by atoms with Gasteiger partial charge in [-0.3, -0.25) is 0 Å². The zero-order valence-corrected chi connectivity index (χ0v) is 13.8. The van der Waals surface area contributed by atoms with Crippen LogP contribution in [0.2, 0.25) is 0 Å². The van der Waals surface area contributed by atoms with Gasteiger partial charge in [0.2, 0.25) is 5.90 Å². The molecule has 0 unspecified atom stereocenters. The van der Waals surface area contributed by atoms with E-state index in [1.165, 1.54) is 0 Å². The van der Waals surface area contributed by atoms with Gasteiger partial charge in [-0.1, -0.05) is 39.7 Å². The fourth-order valence-corrected chi connectivity index (χ4v) is 2.45. The fraction of sp³-hybridized carbons (Fsp3) is 0.111. The molecule has 1 aliphatic heterocycles. The molecular weight excluding hydrogens is 342 g/mol. The van der Waals surface area contributed by atoms with Gasteiger partial charge in [0.25, 0.3) is 0 Å². The summed E-state index contributed by atoms with van der Waals surface area (Å²) in [5.74, 6) is -0.0760. The molecule has 0 bridgehead atoms. The van der Waals surface area contributed by atoms with Gasteiger partial charge in [-0.2, -0.15) is 0 Å². The van der Waals surface area contributed by atoms with Gasteiger partial charge in [-0.15, -0.1) is 0 Å². The molecule has 0 radical (unpaired) electrons. The summed E-state index contributed by atoms with van der Waals surface area (Å²) in [6.07, 6.45) is 1.77. The lowest BCUT2D eigenvalue weighted by Gasteiger charge is -2.01. The summed E-state index contributed by atoms with van der Waals surface area (Å²) in [6, 6.07) is 13.6. The third kappa shape index (κ3) is 3.02. The van der Waals surface area contributed by atoms with E-state index in [4.69, 9.17) is 4.74 Å². The van der Waals surface area contributed by atoms with Crippen LogP contribution >= 0.6 is 15.9 Å². The predicted octanol–water partition coefficient (Wildman–Crippen LogP) is 4.41. The highest BCUT2D eigenvalue weighted by atomic mass is 79.9. The highest BCUT2D eigenvalue weighted by Crippen LogP contribution is 2.22. The summed E-state index contributed by atoms with van der Waals surface area (Å²) >= 11 is 3.38. The second-order valence-electron chi connectivity index (χ2n) is 5.20. The topological polar surface area (TPSA) is 38.7 Å². The average molecular weight is 356 g/mol. The maximum atomic E-state index is 12.0. The third-order valence-electron chi connectivity index (χ3n) is 3.44. The Balaban J connectivity index is 1.97. The van der Waals surface area contributed by atoms with Crippen molar-refractivity contribution in [2.45, 2.75) is 13.8 Å². The Labute approximate surface area is 137 Å². The number of aliphatic imine (C=N–C) groups is 1. The first-order valence-corrected chi connectivity index (χ1v) is 7.68. The number of aryl methyl sites for hydroxylation is 2. The van der Waals surface area contributed by atoms with E-state index in [0.29, 0.717) is 11.6 Å². The molecule has 0 atom stereocenters. The average Bonchev–Trinajstić information content (AvgIpc) is 2.85. The zero-order chi connectivity index (χ0) is 15.7. The van der Waals surface area contributed by atoms with Gasteiger partial charge < -0.3 is 4.74 Å². The van der Waals surface area contributed by atoms with E-state index in [1.54, 1.807) is 6.08 Å². The van der Waals surface area contributed by atoms with Gasteiger partial charge in [0, 0.05) is 10.0 Å². The van der Waals surface area contributed by atoms with Gasteiger partial charge in [-0.05, 0) is 55.3 Å². The van der Waals surface area contributed by atoms with Crippen molar-refractivity contribution in [3.63, 3.8) is 0 Å². The molecule has 0 aromatic heterocycles. The number of carbonyl (C=O) groups excluding carboxylic acids is 1.